The lowest BCUT2D eigenvalue weighted by molar-refractivity contribution is 0.371. The van der Waals surface area contributed by atoms with Crippen LogP contribution in [0.15, 0.2) is 6.20 Å². The number of rotatable bonds is 5. The van der Waals surface area contributed by atoms with Crippen molar-refractivity contribution < 1.29 is 8.42 Å². The fraction of sp³-hybridized carbons (Fsp3) is 0.857. The number of nitrogens with zero attached hydrogens (tertiary/aromatic N) is 3. The molecule has 8 heteroatoms. The molecular weight excluding hydrogens is 302 g/mol. The number of hydrogen-bond acceptors (Lipinski definition) is 6. The summed E-state index contributed by atoms with van der Waals surface area (Å²) in [6.45, 7) is 1.81. The van der Waals surface area contributed by atoms with Crippen molar-refractivity contribution in [3.63, 3.8) is 0 Å². The van der Waals surface area contributed by atoms with Crippen LogP contribution in [0.4, 0.5) is 0 Å². The zero-order valence-corrected chi connectivity index (χ0v) is 13.8. The summed E-state index contributed by atoms with van der Waals surface area (Å²) in [6.07, 6.45) is 9.58. The molecule has 2 atom stereocenters. The first-order valence-electron chi connectivity index (χ1n) is 8.08. The van der Waals surface area contributed by atoms with Gasteiger partial charge in [-0.2, -0.15) is 0 Å². The van der Waals surface area contributed by atoms with Crippen LogP contribution in [-0.2, 0) is 16.4 Å². The molecule has 124 valence electrons. The Labute approximate surface area is 131 Å². The number of hydrogen-bond donors (Lipinski definition) is 2. The molecule has 0 unspecified atom stereocenters. The lowest BCUT2D eigenvalue weighted by Gasteiger charge is -2.22. The first kappa shape index (κ1) is 15.9. The fourth-order valence-electron chi connectivity index (χ4n) is 3.45. The van der Waals surface area contributed by atoms with Crippen LogP contribution in [0.3, 0.4) is 0 Å². The highest BCUT2D eigenvalue weighted by atomic mass is 32.2. The maximum Gasteiger partial charge on any atom is 0.153 e. The summed E-state index contributed by atoms with van der Waals surface area (Å²) in [5.41, 5.74) is 0.879. The van der Waals surface area contributed by atoms with Crippen LogP contribution in [0.1, 0.15) is 43.8 Å². The summed E-state index contributed by atoms with van der Waals surface area (Å²) in [4.78, 5) is 0. The van der Waals surface area contributed by atoms with Crippen molar-refractivity contribution in [2.75, 3.05) is 19.3 Å². The van der Waals surface area contributed by atoms with Crippen molar-refractivity contribution >= 4 is 9.84 Å². The molecule has 1 aliphatic heterocycles. The van der Waals surface area contributed by atoms with Crippen LogP contribution in [0.2, 0.25) is 0 Å². The van der Waals surface area contributed by atoms with Gasteiger partial charge < -0.3 is 10.6 Å². The molecular formula is C14H25N5O2S. The number of sulfone groups is 1. The van der Waals surface area contributed by atoms with Crippen molar-refractivity contribution in [3.8, 4) is 0 Å². The molecule has 1 aromatic rings. The second kappa shape index (κ2) is 6.64. The molecule has 0 amide bonds. The zero-order chi connectivity index (χ0) is 15.6. The Morgan fingerprint density at radius 2 is 2.09 bits per heavy atom. The number of nitrogens with one attached hydrogen (secondary N) is 2. The van der Waals surface area contributed by atoms with Gasteiger partial charge in [-0.15, -0.1) is 5.10 Å². The zero-order valence-electron chi connectivity index (χ0n) is 13.0. The number of aromatic nitrogens is 3. The van der Waals surface area contributed by atoms with Gasteiger partial charge in [-0.25, -0.2) is 13.1 Å². The van der Waals surface area contributed by atoms with E-state index in [0.29, 0.717) is 25.7 Å². The molecule has 0 bridgehead atoms. The Hall–Kier alpha value is -0.990. The van der Waals surface area contributed by atoms with Crippen LogP contribution in [-0.4, -0.2) is 54.0 Å². The third-order valence-corrected chi connectivity index (χ3v) is 6.33. The molecule has 0 radical (unpaired) electrons. The minimum Gasteiger partial charge on any atom is -0.313 e. The normalized spacial score (nSPS) is 27.3. The predicted octanol–water partition coefficient (Wildman–Crippen LogP) is 0.258. The van der Waals surface area contributed by atoms with E-state index in [2.05, 4.69) is 20.9 Å². The lowest BCUT2D eigenvalue weighted by atomic mass is 9.95. The van der Waals surface area contributed by atoms with E-state index in [1.807, 2.05) is 6.20 Å². The average Bonchev–Trinajstić information content (AvgIpc) is 3.14. The Kier molecular flexibility index (Phi) is 4.79. The second-order valence-corrected chi connectivity index (χ2v) is 8.76. The summed E-state index contributed by atoms with van der Waals surface area (Å²) in [7, 11) is -3.09. The summed E-state index contributed by atoms with van der Waals surface area (Å²) in [6, 6.07) is 0.418. The Morgan fingerprint density at radius 1 is 1.32 bits per heavy atom. The molecule has 2 aliphatic rings. The molecule has 2 N–H and O–H groups in total. The van der Waals surface area contributed by atoms with Gasteiger partial charge in [-0.3, -0.25) is 0 Å². The maximum atomic E-state index is 11.8. The third kappa shape index (κ3) is 3.67. The highest BCUT2D eigenvalue weighted by Crippen LogP contribution is 2.21. The van der Waals surface area contributed by atoms with Crippen LogP contribution in [0, 0.1) is 0 Å². The molecule has 1 saturated heterocycles. The van der Waals surface area contributed by atoms with Gasteiger partial charge >= 0.3 is 0 Å². The van der Waals surface area contributed by atoms with E-state index in [1.54, 1.807) is 4.68 Å². The van der Waals surface area contributed by atoms with E-state index in [0.717, 1.165) is 5.69 Å². The van der Waals surface area contributed by atoms with Crippen molar-refractivity contribution in [1.82, 2.24) is 25.6 Å². The quantitative estimate of drug-likeness (QED) is 0.806. The maximum absolute atomic E-state index is 11.8. The molecule has 7 nitrogen and oxygen atoms in total. The minimum atomic E-state index is -3.09. The van der Waals surface area contributed by atoms with Crippen LogP contribution < -0.4 is 10.6 Å². The highest BCUT2D eigenvalue weighted by molar-refractivity contribution is 7.91. The average molecular weight is 327 g/mol. The Morgan fingerprint density at radius 3 is 2.82 bits per heavy atom. The topological polar surface area (TPSA) is 88.9 Å². The summed E-state index contributed by atoms with van der Waals surface area (Å²) in [5, 5.41) is 14.6. The van der Waals surface area contributed by atoms with Gasteiger partial charge in [0.1, 0.15) is 0 Å². The van der Waals surface area contributed by atoms with E-state index in [9.17, 15) is 8.42 Å². The van der Waals surface area contributed by atoms with Crippen molar-refractivity contribution in [1.29, 1.82) is 0 Å². The first-order chi connectivity index (χ1) is 10.5. The fourth-order valence-corrected chi connectivity index (χ4v) is 4.67. The van der Waals surface area contributed by atoms with Gasteiger partial charge in [0.05, 0.1) is 23.2 Å². The molecule has 1 aliphatic carbocycles. The molecule has 2 fully saturated rings. The van der Waals surface area contributed by atoms with Crippen molar-refractivity contribution in [2.24, 2.45) is 0 Å². The molecule has 0 spiro atoms. The van der Waals surface area contributed by atoms with Gasteiger partial charge in [0.2, 0.25) is 0 Å². The molecule has 2 heterocycles. The first-order valence-corrected chi connectivity index (χ1v) is 10.0. The van der Waals surface area contributed by atoms with Crippen LogP contribution in [0.25, 0.3) is 0 Å². The molecule has 1 aromatic heterocycles. The molecule has 1 saturated carbocycles. The standard InChI is InChI=1S/C14H25N5O2S/c1-22(20,21)14-9-15-8-13(14)19-10-12(17-18-19)7-16-11-5-3-2-4-6-11/h10-11,13-16H,2-9H2,1H3/t13-,14-/m1/s1. The molecule has 0 aromatic carbocycles. The molecule has 22 heavy (non-hydrogen) atoms. The van der Waals surface area contributed by atoms with Crippen LogP contribution in [0.5, 0.6) is 0 Å². The largest absolute Gasteiger partial charge is 0.313 e. The van der Waals surface area contributed by atoms with E-state index < -0.39 is 15.1 Å². The SMILES string of the molecule is CS(=O)(=O)[C@@H]1CNC[C@H]1n1cc(CNC2CCCCC2)nn1. The van der Waals surface area contributed by atoms with Gasteiger partial charge in [-0.1, -0.05) is 24.5 Å². The van der Waals surface area contributed by atoms with E-state index in [4.69, 9.17) is 0 Å². The van der Waals surface area contributed by atoms with E-state index in [1.165, 1.54) is 38.4 Å². The van der Waals surface area contributed by atoms with Gasteiger partial charge in [0.25, 0.3) is 0 Å². The van der Waals surface area contributed by atoms with Crippen LogP contribution >= 0.6 is 0 Å². The summed E-state index contributed by atoms with van der Waals surface area (Å²) >= 11 is 0. The summed E-state index contributed by atoms with van der Waals surface area (Å²) in [5.74, 6) is 0. The van der Waals surface area contributed by atoms with Gasteiger partial charge in [-0.05, 0) is 12.8 Å². The van der Waals surface area contributed by atoms with Gasteiger partial charge in [0.15, 0.2) is 9.84 Å². The smallest absolute Gasteiger partial charge is 0.153 e. The predicted molar refractivity (Wildman–Crippen MR) is 84.3 cm³/mol. The van der Waals surface area contributed by atoms with Crippen molar-refractivity contribution in [3.05, 3.63) is 11.9 Å². The molecule has 3 rings (SSSR count). The highest BCUT2D eigenvalue weighted by Gasteiger charge is 2.36. The summed E-state index contributed by atoms with van der Waals surface area (Å²) < 4.78 is 25.4. The monoisotopic (exact) mass is 327 g/mol. The van der Waals surface area contributed by atoms with E-state index in [-0.39, 0.29) is 6.04 Å². The second-order valence-electron chi connectivity index (χ2n) is 6.50. The Bertz CT molecular complexity index is 594. The minimum absolute atomic E-state index is 0.161. The Balaban J connectivity index is 1.61. The lowest BCUT2D eigenvalue weighted by Crippen LogP contribution is -2.31. The third-order valence-electron chi connectivity index (χ3n) is 4.75. The van der Waals surface area contributed by atoms with E-state index >= 15 is 0 Å². The van der Waals surface area contributed by atoms with Crippen molar-refractivity contribution in [2.45, 2.75) is 56.0 Å². The van der Waals surface area contributed by atoms with Gasteiger partial charge in [0, 0.05) is 31.9 Å².